The third-order valence-electron chi connectivity index (χ3n) is 6.15. The Bertz CT molecular complexity index is 1420. The molecule has 0 saturated carbocycles. The summed E-state index contributed by atoms with van der Waals surface area (Å²) >= 11 is 0. The molecule has 148 valence electrons. The average Bonchev–Trinajstić information content (AvgIpc) is 3.27. The van der Waals surface area contributed by atoms with Crippen LogP contribution in [0.15, 0.2) is 60.7 Å². The van der Waals surface area contributed by atoms with Gasteiger partial charge in [-0.1, -0.05) is 48.5 Å². The highest BCUT2D eigenvalue weighted by Gasteiger charge is 2.38. The Morgan fingerprint density at radius 1 is 0.613 bits per heavy atom. The second kappa shape index (κ2) is 6.27. The maximum absolute atomic E-state index is 13.5. The largest absolute Gasteiger partial charge is 0.372 e. The van der Waals surface area contributed by atoms with Gasteiger partial charge in [-0.05, 0) is 23.3 Å². The van der Waals surface area contributed by atoms with Gasteiger partial charge in [0.25, 0.3) is 0 Å². The van der Waals surface area contributed by atoms with Crippen LogP contribution in [0.5, 0.6) is 0 Å². The summed E-state index contributed by atoms with van der Waals surface area (Å²) in [5.41, 5.74) is 3.65. The molecule has 5 nitrogen and oxygen atoms in total. The van der Waals surface area contributed by atoms with E-state index in [2.05, 4.69) is 0 Å². The molecule has 0 atom stereocenters. The molecule has 0 aromatic heterocycles. The molecule has 0 bridgehead atoms. The molecule has 3 aliphatic rings. The molecular weight excluding hydrogens is 392 g/mol. The van der Waals surface area contributed by atoms with Gasteiger partial charge in [0, 0.05) is 44.5 Å². The zero-order chi connectivity index (χ0) is 21.3. The third kappa shape index (κ3) is 2.35. The lowest BCUT2D eigenvalue weighted by molar-refractivity contribution is 0.0977. The Balaban J connectivity index is 1.67. The lowest BCUT2D eigenvalue weighted by atomic mass is 9.75. The fourth-order valence-corrected chi connectivity index (χ4v) is 4.71. The fourth-order valence-electron chi connectivity index (χ4n) is 4.71. The van der Waals surface area contributed by atoms with Crippen LogP contribution in [-0.2, 0) is 18.0 Å². The molecule has 0 N–H and O–H groups in total. The number of rotatable bonds is 1. The van der Waals surface area contributed by atoms with E-state index in [0.717, 1.165) is 5.56 Å². The third-order valence-corrected chi connectivity index (χ3v) is 6.15. The van der Waals surface area contributed by atoms with Gasteiger partial charge in [0.15, 0.2) is 23.1 Å². The van der Waals surface area contributed by atoms with Crippen molar-refractivity contribution in [2.75, 3.05) is 0 Å². The zero-order valence-electron chi connectivity index (χ0n) is 16.2. The van der Waals surface area contributed by atoms with Crippen molar-refractivity contribution in [2.24, 2.45) is 0 Å². The predicted molar refractivity (Wildman–Crippen MR) is 111 cm³/mol. The normalized spacial score (nSPS) is 16.5. The van der Waals surface area contributed by atoms with Crippen LogP contribution in [0.25, 0.3) is 5.57 Å². The molecule has 2 aliphatic carbocycles. The minimum Gasteiger partial charge on any atom is -0.372 e. The van der Waals surface area contributed by atoms with Gasteiger partial charge in [0.2, 0.25) is 0 Å². The number of carbonyl (C=O) groups is 4. The molecule has 0 spiro atoms. The van der Waals surface area contributed by atoms with Crippen LogP contribution in [0.3, 0.4) is 0 Å². The molecule has 0 unspecified atom stereocenters. The van der Waals surface area contributed by atoms with E-state index in [-0.39, 0.29) is 53.0 Å². The van der Waals surface area contributed by atoms with Crippen molar-refractivity contribution in [3.8, 4) is 0 Å². The summed E-state index contributed by atoms with van der Waals surface area (Å²) < 4.78 is 5.60. The van der Waals surface area contributed by atoms with E-state index in [4.69, 9.17) is 4.74 Å². The van der Waals surface area contributed by atoms with Gasteiger partial charge in [-0.2, -0.15) is 0 Å². The van der Waals surface area contributed by atoms with Gasteiger partial charge >= 0.3 is 0 Å². The molecular formula is C26H14O5. The Morgan fingerprint density at radius 3 is 1.94 bits per heavy atom. The SMILES string of the molecule is O=C1C=C(c2c3c(cc4c2C(=O)c2ccccc2C4=O)COC3)C(=O)c2ccccc21. The first-order chi connectivity index (χ1) is 15.1. The second-order valence-corrected chi connectivity index (χ2v) is 7.81. The van der Waals surface area contributed by atoms with E-state index in [1.807, 2.05) is 0 Å². The number of hydrogen-bond acceptors (Lipinski definition) is 5. The first kappa shape index (κ1) is 17.9. The lowest BCUT2D eigenvalue weighted by Gasteiger charge is -2.25. The van der Waals surface area contributed by atoms with Crippen molar-refractivity contribution in [2.45, 2.75) is 13.2 Å². The highest BCUT2D eigenvalue weighted by Crippen LogP contribution is 2.41. The van der Waals surface area contributed by atoms with E-state index in [9.17, 15) is 19.2 Å². The Hall–Kier alpha value is -3.96. The quantitative estimate of drug-likeness (QED) is 0.478. The molecule has 0 saturated heterocycles. The average molecular weight is 406 g/mol. The van der Waals surface area contributed by atoms with E-state index in [0.29, 0.717) is 33.4 Å². The van der Waals surface area contributed by atoms with Crippen molar-refractivity contribution >= 4 is 28.7 Å². The predicted octanol–water partition coefficient (Wildman–Crippen LogP) is 3.95. The van der Waals surface area contributed by atoms with E-state index < -0.39 is 0 Å². The number of carbonyl (C=O) groups excluding carboxylic acids is 4. The Labute approximate surface area is 177 Å². The van der Waals surface area contributed by atoms with Crippen molar-refractivity contribution in [3.05, 3.63) is 111 Å². The van der Waals surface area contributed by atoms with Gasteiger partial charge in [0.05, 0.1) is 13.2 Å². The maximum Gasteiger partial charge on any atom is 0.195 e. The molecule has 31 heavy (non-hydrogen) atoms. The summed E-state index contributed by atoms with van der Waals surface area (Å²) in [5, 5.41) is 0. The fraction of sp³-hybridized carbons (Fsp3) is 0.0769. The van der Waals surface area contributed by atoms with Crippen LogP contribution in [0.4, 0.5) is 0 Å². The van der Waals surface area contributed by atoms with Crippen LogP contribution in [0.2, 0.25) is 0 Å². The van der Waals surface area contributed by atoms with E-state index in [1.165, 1.54) is 6.08 Å². The molecule has 0 amide bonds. The minimum atomic E-state index is -0.336. The van der Waals surface area contributed by atoms with Gasteiger partial charge in [-0.15, -0.1) is 0 Å². The van der Waals surface area contributed by atoms with Crippen LogP contribution in [0, 0.1) is 0 Å². The number of benzene rings is 3. The Morgan fingerprint density at radius 2 is 1.23 bits per heavy atom. The number of ketones is 4. The van der Waals surface area contributed by atoms with Crippen LogP contribution in [0.1, 0.15) is 69.2 Å². The van der Waals surface area contributed by atoms with Crippen LogP contribution < -0.4 is 0 Å². The smallest absolute Gasteiger partial charge is 0.195 e. The highest BCUT2D eigenvalue weighted by molar-refractivity contribution is 6.41. The van der Waals surface area contributed by atoms with Gasteiger partial charge in [-0.3, -0.25) is 19.2 Å². The number of hydrogen-bond donors (Lipinski definition) is 0. The monoisotopic (exact) mass is 406 g/mol. The summed E-state index contributed by atoms with van der Waals surface area (Å²) in [6, 6.07) is 15.0. The van der Waals surface area contributed by atoms with E-state index >= 15 is 0 Å². The lowest BCUT2D eigenvalue weighted by Crippen LogP contribution is -2.26. The molecule has 1 aliphatic heterocycles. The molecule has 3 aromatic rings. The highest BCUT2D eigenvalue weighted by atomic mass is 16.5. The minimum absolute atomic E-state index is 0.142. The summed E-state index contributed by atoms with van der Waals surface area (Å²) in [6.07, 6.45) is 1.29. The zero-order valence-corrected chi connectivity index (χ0v) is 16.2. The van der Waals surface area contributed by atoms with Crippen molar-refractivity contribution in [1.29, 1.82) is 0 Å². The number of allylic oxidation sites excluding steroid dienone is 2. The molecule has 5 heteroatoms. The van der Waals surface area contributed by atoms with E-state index in [1.54, 1.807) is 54.6 Å². The molecule has 3 aromatic carbocycles. The number of fused-ring (bicyclic) bond motifs is 4. The standard InChI is InChI=1S/C26H14O5/c27-21-10-19(24(28)15-6-2-1-5-14(15)21)22-20-12-31-11-13(20)9-18-23(22)26(30)17-8-4-3-7-16(17)25(18)29/h1-10H,11-12H2. The van der Waals surface area contributed by atoms with Crippen molar-refractivity contribution in [3.63, 3.8) is 0 Å². The topological polar surface area (TPSA) is 77.5 Å². The second-order valence-electron chi connectivity index (χ2n) is 7.81. The van der Waals surface area contributed by atoms with Crippen LogP contribution in [-0.4, -0.2) is 23.1 Å². The summed E-state index contributed by atoms with van der Waals surface area (Å²) in [4.78, 5) is 53.0. The number of ether oxygens (including phenoxy) is 1. The van der Waals surface area contributed by atoms with Crippen molar-refractivity contribution < 1.29 is 23.9 Å². The summed E-state index contributed by atoms with van der Waals surface area (Å²) in [6.45, 7) is 0.492. The van der Waals surface area contributed by atoms with Gasteiger partial charge in [-0.25, -0.2) is 0 Å². The molecule has 1 heterocycles. The number of Topliss-reactive ketones (excluding diaryl/α,β-unsaturated/α-hetero) is 1. The molecule has 6 rings (SSSR count). The Kier molecular flexibility index (Phi) is 3.61. The van der Waals surface area contributed by atoms with Crippen LogP contribution >= 0.6 is 0 Å². The first-order valence-corrected chi connectivity index (χ1v) is 9.91. The van der Waals surface area contributed by atoms with Crippen molar-refractivity contribution in [1.82, 2.24) is 0 Å². The summed E-state index contributed by atoms with van der Waals surface area (Å²) in [5.74, 6) is -1.23. The van der Waals surface area contributed by atoms with Gasteiger partial charge < -0.3 is 4.74 Å². The molecule has 0 fully saturated rings. The summed E-state index contributed by atoms with van der Waals surface area (Å²) in [7, 11) is 0. The molecule has 0 radical (unpaired) electrons. The van der Waals surface area contributed by atoms with Gasteiger partial charge in [0.1, 0.15) is 0 Å². The first-order valence-electron chi connectivity index (χ1n) is 9.91. The maximum atomic E-state index is 13.5.